The lowest BCUT2D eigenvalue weighted by Crippen LogP contribution is -2.09. The molecule has 0 unspecified atom stereocenters. The third kappa shape index (κ3) is 3.00. The van der Waals surface area contributed by atoms with Crippen LogP contribution in [0.2, 0.25) is 5.15 Å². The van der Waals surface area contributed by atoms with E-state index in [2.05, 4.69) is 24.1 Å². The highest BCUT2D eigenvalue weighted by molar-refractivity contribution is 6.29. The van der Waals surface area contributed by atoms with Gasteiger partial charge in [-0.2, -0.15) is 0 Å². The van der Waals surface area contributed by atoms with Gasteiger partial charge in [0, 0.05) is 30.2 Å². The van der Waals surface area contributed by atoms with Crippen molar-refractivity contribution in [3.05, 3.63) is 23.0 Å². The van der Waals surface area contributed by atoms with E-state index in [0.717, 1.165) is 17.8 Å². The highest BCUT2D eigenvalue weighted by Crippen LogP contribution is 2.17. The third-order valence-electron chi connectivity index (χ3n) is 1.76. The summed E-state index contributed by atoms with van der Waals surface area (Å²) in [5.41, 5.74) is 1.63. The highest BCUT2D eigenvalue weighted by atomic mass is 35.5. The predicted molar refractivity (Wildman–Crippen MR) is 60.5 cm³/mol. The number of pyridine rings is 1. The van der Waals surface area contributed by atoms with Gasteiger partial charge < -0.3 is 10.7 Å². The Kier molecular flexibility index (Phi) is 3.89. The molecule has 0 saturated carbocycles. The standard InChI is InChI=1S/C10H14ClN3/c1-7(2)5-13-9-3-10(11)14-6-8(9)4-12/h3-4,6-7,12H,5H2,1-2H3,(H,13,14). The SMILES string of the molecule is CC(C)CNc1cc(Cl)ncc1C=N. The van der Waals surface area contributed by atoms with Crippen LogP contribution in [0.25, 0.3) is 0 Å². The lowest BCUT2D eigenvalue weighted by atomic mass is 10.2. The van der Waals surface area contributed by atoms with Gasteiger partial charge in [-0.15, -0.1) is 0 Å². The molecule has 2 N–H and O–H groups in total. The first-order chi connectivity index (χ1) is 6.63. The molecule has 0 radical (unpaired) electrons. The van der Waals surface area contributed by atoms with Crippen molar-refractivity contribution in [1.82, 2.24) is 4.98 Å². The molecule has 1 rings (SSSR count). The van der Waals surface area contributed by atoms with Crippen molar-refractivity contribution < 1.29 is 0 Å². The Balaban J connectivity index is 2.82. The fourth-order valence-corrected chi connectivity index (χ4v) is 1.18. The Morgan fingerprint density at radius 3 is 2.93 bits per heavy atom. The van der Waals surface area contributed by atoms with E-state index in [1.54, 1.807) is 12.3 Å². The quantitative estimate of drug-likeness (QED) is 0.595. The Labute approximate surface area is 89.0 Å². The molecule has 0 bridgehead atoms. The van der Waals surface area contributed by atoms with Gasteiger partial charge in [0.25, 0.3) is 0 Å². The molecule has 0 fully saturated rings. The van der Waals surface area contributed by atoms with E-state index in [1.165, 1.54) is 6.21 Å². The zero-order valence-corrected chi connectivity index (χ0v) is 9.10. The summed E-state index contributed by atoms with van der Waals surface area (Å²) in [6.45, 7) is 5.11. The summed E-state index contributed by atoms with van der Waals surface area (Å²) >= 11 is 5.76. The molecular weight excluding hydrogens is 198 g/mol. The monoisotopic (exact) mass is 211 g/mol. The molecule has 0 spiro atoms. The van der Waals surface area contributed by atoms with Crippen LogP contribution in [-0.4, -0.2) is 17.7 Å². The molecule has 0 aliphatic carbocycles. The minimum atomic E-state index is 0.446. The first-order valence-corrected chi connectivity index (χ1v) is 4.91. The molecule has 14 heavy (non-hydrogen) atoms. The lowest BCUT2D eigenvalue weighted by molar-refractivity contribution is 0.689. The summed E-state index contributed by atoms with van der Waals surface area (Å²) in [6.07, 6.45) is 2.87. The van der Waals surface area contributed by atoms with E-state index in [0.29, 0.717) is 11.1 Å². The Morgan fingerprint density at radius 2 is 2.36 bits per heavy atom. The minimum Gasteiger partial charge on any atom is -0.384 e. The van der Waals surface area contributed by atoms with Crippen molar-refractivity contribution in [2.24, 2.45) is 5.92 Å². The van der Waals surface area contributed by atoms with Crippen LogP contribution in [0.3, 0.4) is 0 Å². The summed E-state index contributed by atoms with van der Waals surface area (Å²) in [7, 11) is 0. The number of anilines is 1. The molecule has 0 aliphatic heterocycles. The van der Waals surface area contributed by atoms with Crippen molar-refractivity contribution in [2.75, 3.05) is 11.9 Å². The van der Waals surface area contributed by atoms with Crippen LogP contribution in [0.1, 0.15) is 19.4 Å². The average Bonchev–Trinajstić information content (AvgIpc) is 2.15. The summed E-state index contributed by atoms with van der Waals surface area (Å²) in [4.78, 5) is 3.91. The molecule has 0 atom stereocenters. The zero-order chi connectivity index (χ0) is 10.6. The molecule has 1 heterocycles. The maximum atomic E-state index is 7.19. The lowest BCUT2D eigenvalue weighted by Gasteiger charge is -2.11. The Hall–Kier alpha value is -1.09. The molecule has 76 valence electrons. The second kappa shape index (κ2) is 4.96. The maximum absolute atomic E-state index is 7.19. The molecule has 0 aromatic carbocycles. The number of halogens is 1. The van der Waals surface area contributed by atoms with E-state index in [9.17, 15) is 0 Å². The first-order valence-electron chi connectivity index (χ1n) is 4.53. The van der Waals surface area contributed by atoms with E-state index in [4.69, 9.17) is 17.0 Å². The molecule has 4 heteroatoms. The van der Waals surface area contributed by atoms with Crippen molar-refractivity contribution in [3.8, 4) is 0 Å². The van der Waals surface area contributed by atoms with Gasteiger partial charge in [0.1, 0.15) is 5.15 Å². The van der Waals surface area contributed by atoms with Gasteiger partial charge in [-0.3, -0.25) is 0 Å². The minimum absolute atomic E-state index is 0.446. The van der Waals surface area contributed by atoms with Gasteiger partial charge in [-0.1, -0.05) is 25.4 Å². The van der Waals surface area contributed by atoms with Crippen molar-refractivity contribution in [1.29, 1.82) is 5.41 Å². The smallest absolute Gasteiger partial charge is 0.131 e. The van der Waals surface area contributed by atoms with Gasteiger partial charge >= 0.3 is 0 Å². The Bertz CT molecular complexity index is 323. The van der Waals surface area contributed by atoms with Crippen LogP contribution in [0, 0.1) is 11.3 Å². The van der Waals surface area contributed by atoms with E-state index in [1.807, 2.05) is 0 Å². The maximum Gasteiger partial charge on any atom is 0.131 e. The second-order valence-corrected chi connectivity index (χ2v) is 3.90. The van der Waals surface area contributed by atoms with Crippen molar-refractivity contribution in [2.45, 2.75) is 13.8 Å². The van der Waals surface area contributed by atoms with E-state index >= 15 is 0 Å². The van der Waals surface area contributed by atoms with Crippen LogP contribution in [0.5, 0.6) is 0 Å². The summed E-state index contributed by atoms with van der Waals surface area (Å²) in [6, 6.07) is 1.74. The van der Waals surface area contributed by atoms with Crippen LogP contribution in [-0.2, 0) is 0 Å². The van der Waals surface area contributed by atoms with Crippen LogP contribution < -0.4 is 5.32 Å². The fraction of sp³-hybridized carbons (Fsp3) is 0.400. The number of aromatic nitrogens is 1. The summed E-state index contributed by atoms with van der Waals surface area (Å²) < 4.78 is 0. The molecule has 0 amide bonds. The topological polar surface area (TPSA) is 48.8 Å². The van der Waals surface area contributed by atoms with Gasteiger partial charge in [0.2, 0.25) is 0 Å². The largest absolute Gasteiger partial charge is 0.384 e. The van der Waals surface area contributed by atoms with Gasteiger partial charge in [-0.05, 0) is 12.0 Å². The second-order valence-electron chi connectivity index (χ2n) is 3.51. The Morgan fingerprint density at radius 1 is 1.64 bits per heavy atom. The number of hydrogen-bond donors (Lipinski definition) is 2. The number of nitrogens with zero attached hydrogens (tertiary/aromatic N) is 1. The number of nitrogens with one attached hydrogen (secondary N) is 2. The molecule has 3 nitrogen and oxygen atoms in total. The molecule has 1 aromatic heterocycles. The van der Waals surface area contributed by atoms with Gasteiger partial charge in [0.15, 0.2) is 0 Å². The van der Waals surface area contributed by atoms with Crippen LogP contribution in [0.15, 0.2) is 12.3 Å². The van der Waals surface area contributed by atoms with Crippen molar-refractivity contribution >= 4 is 23.5 Å². The summed E-state index contributed by atoms with van der Waals surface area (Å²) in [5, 5.41) is 10.9. The van der Waals surface area contributed by atoms with Crippen LogP contribution >= 0.6 is 11.6 Å². The molecule has 0 saturated heterocycles. The van der Waals surface area contributed by atoms with E-state index < -0.39 is 0 Å². The molecule has 1 aromatic rings. The first kappa shape index (κ1) is 11.0. The van der Waals surface area contributed by atoms with Crippen molar-refractivity contribution in [3.63, 3.8) is 0 Å². The predicted octanol–water partition coefficient (Wildman–Crippen LogP) is 2.80. The van der Waals surface area contributed by atoms with Crippen LogP contribution in [0.4, 0.5) is 5.69 Å². The third-order valence-corrected chi connectivity index (χ3v) is 1.96. The number of hydrogen-bond acceptors (Lipinski definition) is 3. The van der Waals surface area contributed by atoms with Gasteiger partial charge in [-0.25, -0.2) is 4.98 Å². The molecule has 0 aliphatic rings. The van der Waals surface area contributed by atoms with E-state index in [-0.39, 0.29) is 0 Å². The molecular formula is C10H14ClN3. The zero-order valence-electron chi connectivity index (χ0n) is 8.34. The normalized spacial score (nSPS) is 10.3. The average molecular weight is 212 g/mol. The highest BCUT2D eigenvalue weighted by Gasteiger charge is 2.02. The fourth-order valence-electron chi connectivity index (χ4n) is 1.02. The number of rotatable bonds is 4. The van der Waals surface area contributed by atoms with Gasteiger partial charge in [0.05, 0.1) is 0 Å². The summed E-state index contributed by atoms with van der Waals surface area (Å²) in [5.74, 6) is 0.556.